The normalized spacial score (nSPS) is 9.64. The summed E-state index contributed by atoms with van der Waals surface area (Å²) >= 11 is 0. The summed E-state index contributed by atoms with van der Waals surface area (Å²) in [6.07, 6.45) is 2.59. The van der Waals surface area contributed by atoms with Crippen molar-refractivity contribution in [3.05, 3.63) is 37.0 Å². The van der Waals surface area contributed by atoms with Crippen LogP contribution >= 0.6 is 0 Å². The van der Waals surface area contributed by atoms with Gasteiger partial charge >= 0.3 is 0 Å². The lowest BCUT2D eigenvalue weighted by atomic mass is 10.4. The van der Waals surface area contributed by atoms with Crippen molar-refractivity contribution in [3.8, 4) is 0 Å². The maximum atomic E-state index is 12.1. The molecule has 0 aromatic heterocycles. The maximum Gasteiger partial charge on any atom is 0.154 e. The van der Waals surface area contributed by atoms with E-state index < -0.39 is 5.83 Å². The van der Waals surface area contributed by atoms with Crippen LogP contribution in [0.5, 0.6) is 0 Å². The molecular weight excluding hydrogens is 145 g/mol. The Morgan fingerprint density at radius 1 is 1.55 bits per heavy atom. The summed E-state index contributed by atoms with van der Waals surface area (Å²) in [7, 11) is 0. The van der Waals surface area contributed by atoms with Gasteiger partial charge in [0.25, 0.3) is 0 Å². The standard InChI is InChI=1S/C8H10FNO/c1-6(11)4-5-10-8(3)7(2)9/h4-5,10H,2-3H2,1H3/b5-4+. The maximum absolute atomic E-state index is 12.1. The predicted octanol–water partition coefficient (Wildman–Crippen LogP) is 1.68. The second kappa shape index (κ2) is 4.44. The fraction of sp³-hybridized carbons (Fsp3) is 0.125. The fourth-order valence-electron chi connectivity index (χ4n) is 0.338. The summed E-state index contributed by atoms with van der Waals surface area (Å²) in [5, 5.41) is 2.44. The zero-order valence-corrected chi connectivity index (χ0v) is 6.36. The SMILES string of the molecule is C=C(F)C(=C)N/C=C/C(C)=O. The molecule has 0 rings (SSSR count). The minimum Gasteiger partial charge on any atom is -0.360 e. The molecule has 0 heterocycles. The van der Waals surface area contributed by atoms with Gasteiger partial charge in [-0.25, -0.2) is 4.39 Å². The quantitative estimate of drug-likeness (QED) is 0.494. The molecule has 0 radical (unpaired) electrons. The van der Waals surface area contributed by atoms with E-state index in [0.29, 0.717) is 0 Å². The molecule has 60 valence electrons. The van der Waals surface area contributed by atoms with Gasteiger partial charge in [-0.05, 0) is 13.0 Å². The van der Waals surface area contributed by atoms with Crippen LogP contribution in [0.2, 0.25) is 0 Å². The first-order chi connectivity index (χ1) is 5.04. The predicted molar refractivity (Wildman–Crippen MR) is 42.3 cm³/mol. The Labute approximate surface area is 65.1 Å². The van der Waals surface area contributed by atoms with Crippen molar-refractivity contribution in [1.29, 1.82) is 0 Å². The van der Waals surface area contributed by atoms with Gasteiger partial charge in [-0.1, -0.05) is 13.2 Å². The van der Waals surface area contributed by atoms with Gasteiger partial charge in [0.15, 0.2) is 5.78 Å². The van der Waals surface area contributed by atoms with Crippen LogP contribution in [0.3, 0.4) is 0 Å². The molecular formula is C8H10FNO. The number of carbonyl (C=O) groups excluding carboxylic acids is 1. The average molecular weight is 155 g/mol. The molecule has 0 unspecified atom stereocenters. The van der Waals surface area contributed by atoms with E-state index in [1.54, 1.807) is 0 Å². The Hall–Kier alpha value is -1.38. The minimum atomic E-state index is -0.641. The van der Waals surface area contributed by atoms with Crippen molar-refractivity contribution in [2.24, 2.45) is 0 Å². The molecule has 0 fully saturated rings. The first-order valence-corrected chi connectivity index (χ1v) is 3.01. The number of ketones is 1. The van der Waals surface area contributed by atoms with Crippen LogP contribution < -0.4 is 5.32 Å². The molecule has 0 amide bonds. The van der Waals surface area contributed by atoms with Crippen molar-refractivity contribution in [1.82, 2.24) is 5.32 Å². The van der Waals surface area contributed by atoms with Crippen LogP contribution in [0.1, 0.15) is 6.92 Å². The summed E-state index contributed by atoms with van der Waals surface area (Å²) < 4.78 is 12.1. The molecule has 0 atom stereocenters. The molecule has 1 N–H and O–H groups in total. The number of hydrogen-bond donors (Lipinski definition) is 1. The highest BCUT2D eigenvalue weighted by atomic mass is 19.1. The lowest BCUT2D eigenvalue weighted by Gasteiger charge is -1.98. The molecule has 0 saturated heterocycles. The Kier molecular flexibility index (Phi) is 3.88. The highest BCUT2D eigenvalue weighted by Gasteiger charge is 1.92. The molecule has 0 aliphatic carbocycles. The Bertz CT molecular complexity index is 218. The molecule has 0 bridgehead atoms. The third-order valence-corrected chi connectivity index (χ3v) is 0.903. The monoisotopic (exact) mass is 155 g/mol. The van der Waals surface area contributed by atoms with Gasteiger partial charge in [-0.15, -0.1) is 0 Å². The number of rotatable bonds is 4. The molecule has 0 aliphatic heterocycles. The van der Waals surface area contributed by atoms with Crippen LogP contribution in [0.25, 0.3) is 0 Å². The van der Waals surface area contributed by atoms with E-state index in [1.165, 1.54) is 19.2 Å². The van der Waals surface area contributed by atoms with Gasteiger partial charge in [0.1, 0.15) is 5.83 Å². The van der Waals surface area contributed by atoms with Crippen LogP contribution in [0.4, 0.5) is 4.39 Å². The molecule has 3 heteroatoms. The van der Waals surface area contributed by atoms with E-state index in [-0.39, 0.29) is 11.5 Å². The molecule has 2 nitrogen and oxygen atoms in total. The highest BCUT2D eigenvalue weighted by molar-refractivity contribution is 5.87. The van der Waals surface area contributed by atoms with Crippen molar-refractivity contribution < 1.29 is 9.18 Å². The molecule has 0 saturated carbocycles. The van der Waals surface area contributed by atoms with Crippen LogP contribution in [0, 0.1) is 0 Å². The molecule has 0 spiro atoms. The molecule has 0 aromatic rings. The van der Waals surface area contributed by atoms with Crippen molar-refractivity contribution in [2.45, 2.75) is 6.92 Å². The summed E-state index contributed by atoms with van der Waals surface area (Å²) in [4.78, 5) is 10.3. The number of halogens is 1. The highest BCUT2D eigenvalue weighted by Crippen LogP contribution is 2.00. The topological polar surface area (TPSA) is 29.1 Å². The summed E-state index contributed by atoms with van der Waals surface area (Å²) in [5.74, 6) is -0.757. The Morgan fingerprint density at radius 3 is 2.45 bits per heavy atom. The molecule has 0 aliphatic rings. The number of allylic oxidation sites excluding steroid dienone is 2. The molecule has 0 aromatic carbocycles. The summed E-state index contributed by atoms with van der Waals surface area (Å²) in [5.41, 5.74) is 0.0579. The minimum absolute atomic E-state index is 0.0579. The van der Waals surface area contributed by atoms with Crippen LogP contribution in [0.15, 0.2) is 37.0 Å². The van der Waals surface area contributed by atoms with Gasteiger partial charge in [0.2, 0.25) is 0 Å². The van der Waals surface area contributed by atoms with Crippen molar-refractivity contribution >= 4 is 5.78 Å². The summed E-state index contributed by atoms with van der Waals surface area (Å²) in [6, 6.07) is 0. The van der Waals surface area contributed by atoms with Gasteiger partial charge in [0, 0.05) is 6.20 Å². The Balaban J connectivity index is 3.80. The molecule has 11 heavy (non-hydrogen) atoms. The van der Waals surface area contributed by atoms with E-state index in [2.05, 4.69) is 18.5 Å². The van der Waals surface area contributed by atoms with Gasteiger partial charge < -0.3 is 5.32 Å². The average Bonchev–Trinajstić information content (AvgIpc) is 1.86. The zero-order chi connectivity index (χ0) is 8.85. The van der Waals surface area contributed by atoms with Gasteiger partial charge in [0.05, 0.1) is 5.70 Å². The number of carbonyl (C=O) groups is 1. The smallest absolute Gasteiger partial charge is 0.154 e. The van der Waals surface area contributed by atoms with Crippen molar-refractivity contribution in [3.63, 3.8) is 0 Å². The Morgan fingerprint density at radius 2 is 2.09 bits per heavy atom. The number of nitrogens with one attached hydrogen (secondary N) is 1. The largest absolute Gasteiger partial charge is 0.360 e. The second-order valence-electron chi connectivity index (χ2n) is 1.97. The van der Waals surface area contributed by atoms with Crippen LogP contribution in [-0.2, 0) is 4.79 Å². The summed E-state index contributed by atoms with van der Waals surface area (Å²) in [6.45, 7) is 7.70. The van der Waals surface area contributed by atoms with E-state index in [4.69, 9.17) is 0 Å². The van der Waals surface area contributed by atoms with E-state index >= 15 is 0 Å². The first-order valence-electron chi connectivity index (χ1n) is 3.01. The third kappa shape index (κ3) is 5.08. The zero-order valence-electron chi connectivity index (χ0n) is 6.36. The van der Waals surface area contributed by atoms with E-state index in [0.717, 1.165) is 0 Å². The van der Waals surface area contributed by atoms with Gasteiger partial charge in [-0.2, -0.15) is 0 Å². The van der Waals surface area contributed by atoms with Crippen LogP contribution in [-0.4, -0.2) is 5.78 Å². The second-order valence-corrected chi connectivity index (χ2v) is 1.97. The van der Waals surface area contributed by atoms with E-state index in [9.17, 15) is 9.18 Å². The fourth-order valence-corrected chi connectivity index (χ4v) is 0.338. The van der Waals surface area contributed by atoms with E-state index in [1.807, 2.05) is 0 Å². The lowest BCUT2D eigenvalue weighted by molar-refractivity contribution is -0.112. The lowest BCUT2D eigenvalue weighted by Crippen LogP contribution is -2.03. The third-order valence-electron chi connectivity index (χ3n) is 0.903. The van der Waals surface area contributed by atoms with Crippen molar-refractivity contribution in [2.75, 3.05) is 0 Å². The van der Waals surface area contributed by atoms with Gasteiger partial charge in [-0.3, -0.25) is 4.79 Å². The first kappa shape index (κ1) is 9.62. The number of hydrogen-bond acceptors (Lipinski definition) is 2.